The molecule has 4 rings (SSSR count). The molecule has 15 heteroatoms. The Morgan fingerprint density at radius 1 is 1.02 bits per heavy atom. The molecule has 12 nitrogen and oxygen atoms in total. The Balaban J connectivity index is 1.46. The number of alkyl halides is 3. The highest BCUT2D eigenvalue weighted by Gasteiger charge is 2.33. The molecule has 0 saturated carbocycles. The number of rotatable bonds is 5. The highest BCUT2D eigenvalue weighted by Crippen LogP contribution is 2.28. The van der Waals surface area contributed by atoms with Gasteiger partial charge in [-0.2, -0.15) is 18.3 Å². The lowest BCUT2D eigenvalue weighted by molar-refractivity contribution is -0.141. The second-order valence-corrected chi connectivity index (χ2v) is 9.89. The minimum atomic E-state index is -4.73. The van der Waals surface area contributed by atoms with Gasteiger partial charge in [0.05, 0.1) is 23.8 Å². The van der Waals surface area contributed by atoms with Crippen LogP contribution in [0, 0.1) is 0 Å². The maximum absolute atomic E-state index is 13.0. The van der Waals surface area contributed by atoms with Crippen LogP contribution in [0.2, 0.25) is 0 Å². The molecule has 1 aliphatic heterocycles. The third kappa shape index (κ3) is 6.65. The summed E-state index contributed by atoms with van der Waals surface area (Å²) in [5.74, 6) is -1.29. The highest BCUT2D eigenvalue weighted by molar-refractivity contribution is 6.07. The number of nitrogens with one attached hydrogen (secondary N) is 1. The van der Waals surface area contributed by atoms with Gasteiger partial charge >= 0.3 is 12.3 Å². The minimum Gasteiger partial charge on any atom is -0.444 e. The van der Waals surface area contributed by atoms with Gasteiger partial charge in [0.15, 0.2) is 5.69 Å². The zero-order chi connectivity index (χ0) is 29.2. The predicted molar refractivity (Wildman–Crippen MR) is 137 cm³/mol. The van der Waals surface area contributed by atoms with E-state index in [1.54, 1.807) is 17.0 Å². The van der Waals surface area contributed by atoms with Crippen molar-refractivity contribution in [1.82, 2.24) is 24.6 Å². The monoisotopic (exact) mass is 560 g/mol. The Morgan fingerprint density at radius 3 is 2.30 bits per heavy atom. The van der Waals surface area contributed by atoms with Crippen molar-refractivity contribution in [2.45, 2.75) is 32.5 Å². The number of hydrogen-bond donors (Lipinski definition) is 2. The molecule has 1 fully saturated rings. The Bertz CT molecular complexity index is 1410. The Kier molecular flexibility index (Phi) is 7.66. The Hall–Kier alpha value is -4.69. The van der Waals surface area contributed by atoms with E-state index in [-0.39, 0.29) is 17.5 Å². The molecule has 212 valence electrons. The van der Waals surface area contributed by atoms with Gasteiger partial charge in [-0.1, -0.05) is 6.07 Å². The van der Waals surface area contributed by atoms with Gasteiger partial charge in [-0.15, -0.1) is 0 Å². The fourth-order valence-electron chi connectivity index (χ4n) is 3.83. The van der Waals surface area contributed by atoms with Gasteiger partial charge in [-0.25, -0.2) is 19.4 Å². The van der Waals surface area contributed by atoms with Gasteiger partial charge in [0.25, 0.3) is 11.8 Å². The maximum Gasteiger partial charge on any atom is 0.433 e. The van der Waals surface area contributed by atoms with Crippen molar-refractivity contribution >= 4 is 29.4 Å². The quantitative estimate of drug-likeness (QED) is 0.484. The normalized spacial score (nSPS) is 14.2. The van der Waals surface area contributed by atoms with Gasteiger partial charge in [-0.3, -0.25) is 9.59 Å². The molecule has 3 aromatic heterocycles. The van der Waals surface area contributed by atoms with Gasteiger partial charge in [0, 0.05) is 26.2 Å². The van der Waals surface area contributed by atoms with Crippen LogP contribution < -0.4 is 16.0 Å². The van der Waals surface area contributed by atoms with Crippen LogP contribution in [0.15, 0.2) is 42.7 Å². The Morgan fingerprint density at radius 2 is 1.73 bits per heavy atom. The lowest BCUT2D eigenvalue weighted by Gasteiger charge is -2.36. The van der Waals surface area contributed by atoms with Crippen molar-refractivity contribution < 1.29 is 32.3 Å². The van der Waals surface area contributed by atoms with E-state index in [0.29, 0.717) is 37.7 Å². The van der Waals surface area contributed by atoms with Crippen molar-refractivity contribution in [3.05, 3.63) is 59.8 Å². The van der Waals surface area contributed by atoms with Gasteiger partial charge in [-0.05, 0) is 45.0 Å². The number of piperazine rings is 1. The SMILES string of the molecule is CC(C)(C)OC(=O)N1CCN(c2ccc(-n3cc(NC(=O)c4cccc(C(F)(F)F)n4)c(C(N)=O)n3)cn2)CC1. The molecule has 1 aliphatic rings. The predicted octanol–water partition coefficient (Wildman–Crippen LogP) is 3.09. The van der Waals surface area contributed by atoms with Gasteiger partial charge in [0.2, 0.25) is 0 Å². The number of aromatic nitrogens is 4. The summed E-state index contributed by atoms with van der Waals surface area (Å²) < 4.78 is 45.6. The molecule has 0 aliphatic carbocycles. The number of anilines is 2. The molecule has 0 atom stereocenters. The molecule has 0 radical (unpaired) electrons. The highest BCUT2D eigenvalue weighted by atomic mass is 19.4. The van der Waals surface area contributed by atoms with Crippen LogP contribution in [0.5, 0.6) is 0 Å². The number of halogens is 3. The fraction of sp³-hybridized carbons (Fsp3) is 0.360. The maximum atomic E-state index is 13.0. The smallest absolute Gasteiger partial charge is 0.433 e. The Labute approximate surface area is 226 Å². The van der Waals surface area contributed by atoms with Crippen LogP contribution in [0.1, 0.15) is 47.4 Å². The molecule has 3 amide bonds. The van der Waals surface area contributed by atoms with Crippen LogP contribution in [0.4, 0.5) is 29.5 Å². The summed E-state index contributed by atoms with van der Waals surface area (Å²) in [6, 6.07) is 6.30. The molecule has 40 heavy (non-hydrogen) atoms. The molecule has 4 heterocycles. The third-order valence-electron chi connectivity index (χ3n) is 5.72. The standard InChI is InChI=1S/C25H27F3N8O4/c1-24(2,3)40-23(39)35-11-9-34(10-12-35)19-8-7-15(13-30-19)36-14-17(20(33-36)21(29)37)32-22(38)16-5-4-6-18(31-16)25(26,27)28/h4-8,13-14H,9-12H2,1-3H3,(H2,29,37)(H,32,38). The molecule has 0 aromatic carbocycles. The van der Waals surface area contributed by atoms with E-state index in [9.17, 15) is 27.6 Å². The van der Waals surface area contributed by atoms with Crippen LogP contribution in [-0.2, 0) is 10.9 Å². The van der Waals surface area contributed by atoms with Crippen LogP contribution in [0.25, 0.3) is 5.69 Å². The molecule has 3 N–H and O–H groups in total. The summed E-state index contributed by atoms with van der Waals surface area (Å²) in [7, 11) is 0. The summed E-state index contributed by atoms with van der Waals surface area (Å²) in [5, 5.41) is 6.44. The molecule has 3 aromatic rings. The van der Waals surface area contributed by atoms with Crippen molar-refractivity contribution in [1.29, 1.82) is 0 Å². The number of carbonyl (C=O) groups excluding carboxylic acids is 3. The van der Waals surface area contributed by atoms with Crippen LogP contribution in [0.3, 0.4) is 0 Å². The van der Waals surface area contributed by atoms with Crippen LogP contribution >= 0.6 is 0 Å². The van der Waals surface area contributed by atoms with Crippen LogP contribution in [-0.4, -0.2) is 74.3 Å². The number of carbonyl (C=O) groups is 3. The molecular formula is C25H27F3N8O4. The van der Waals surface area contributed by atoms with Crippen molar-refractivity contribution in [3.63, 3.8) is 0 Å². The number of hydrogen-bond acceptors (Lipinski definition) is 8. The van der Waals surface area contributed by atoms with Gasteiger partial charge in [0.1, 0.15) is 22.8 Å². The summed E-state index contributed by atoms with van der Waals surface area (Å²) in [5.41, 5.74) is 3.10. The summed E-state index contributed by atoms with van der Waals surface area (Å²) in [6.45, 7) is 7.43. The summed E-state index contributed by atoms with van der Waals surface area (Å²) in [4.78, 5) is 48.2. The first kappa shape index (κ1) is 28.3. The number of primary amides is 1. The molecule has 1 saturated heterocycles. The van der Waals surface area contributed by atoms with E-state index in [4.69, 9.17) is 10.5 Å². The second kappa shape index (κ2) is 10.8. The molecule has 0 spiro atoms. The molecule has 0 unspecified atom stereocenters. The largest absolute Gasteiger partial charge is 0.444 e. The number of ether oxygens (including phenoxy) is 1. The number of pyridine rings is 2. The number of amides is 3. The van der Waals surface area contributed by atoms with E-state index in [1.807, 2.05) is 25.7 Å². The second-order valence-electron chi connectivity index (χ2n) is 9.89. The van der Waals surface area contributed by atoms with Gasteiger partial charge < -0.3 is 25.6 Å². The van der Waals surface area contributed by atoms with Crippen molar-refractivity contribution in [2.75, 3.05) is 36.4 Å². The van der Waals surface area contributed by atoms with E-state index >= 15 is 0 Å². The molecule has 0 bridgehead atoms. The minimum absolute atomic E-state index is 0.112. The lowest BCUT2D eigenvalue weighted by Crippen LogP contribution is -2.50. The fourth-order valence-corrected chi connectivity index (χ4v) is 3.83. The van der Waals surface area contributed by atoms with E-state index in [0.717, 1.165) is 18.2 Å². The average molecular weight is 561 g/mol. The van der Waals surface area contributed by atoms with E-state index < -0.39 is 35.0 Å². The van der Waals surface area contributed by atoms with E-state index in [2.05, 4.69) is 20.4 Å². The number of nitrogens with two attached hydrogens (primary N) is 1. The summed E-state index contributed by atoms with van der Waals surface area (Å²) >= 11 is 0. The van der Waals surface area contributed by atoms with E-state index in [1.165, 1.54) is 17.1 Å². The van der Waals surface area contributed by atoms with Crippen molar-refractivity contribution in [2.24, 2.45) is 5.73 Å². The van der Waals surface area contributed by atoms with Crippen molar-refractivity contribution in [3.8, 4) is 5.69 Å². The first-order valence-corrected chi connectivity index (χ1v) is 12.2. The summed E-state index contributed by atoms with van der Waals surface area (Å²) in [6.07, 6.45) is -2.31. The topological polar surface area (TPSA) is 149 Å². The first-order chi connectivity index (χ1) is 18.7. The average Bonchev–Trinajstić information content (AvgIpc) is 3.31. The third-order valence-corrected chi connectivity index (χ3v) is 5.72. The zero-order valence-corrected chi connectivity index (χ0v) is 21.9. The first-order valence-electron chi connectivity index (χ1n) is 12.2. The molecular weight excluding hydrogens is 533 g/mol. The lowest BCUT2D eigenvalue weighted by atomic mass is 10.2. The number of nitrogens with zero attached hydrogens (tertiary/aromatic N) is 6. The zero-order valence-electron chi connectivity index (χ0n) is 21.9.